The number of hydrogen-bond donors (Lipinski definition) is 0. The largest absolute Gasteiger partial charge is 0.303 e. The SMILES string of the molecule is Cc1ccc(C)n1-c1cc(C=O)cc(-n2c(C)ccc2C)n1.Cc1ccc(C)n1-c1cccc(-n2c(C)ccc2C)n1. The van der Waals surface area contributed by atoms with E-state index in [4.69, 9.17) is 9.97 Å². The predicted molar refractivity (Wildman–Crippen MR) is 169 cm³/mol. The lowest BCUT2D eigenvalue weighted by molar-refractivity contribution is 0.112. The van der Waals surface area contributed by atoms with E-state index >= 15 is 0 Å². The van der Waals surface area contributed by atoms with Gasteiger partial charge in [0, 0.05) is 51.1 Å². The summed E-state index contributed by atoms with van der Waals surface area (Å²) in [5, 5.41) is 0. The standard InChI is InChI=1S/C18H19N3O.C17H19N3/c1-12-5-6-13(2)20(12)17-9-16(11-22)10-18(19-17)21-14(3)7-8-15(21)4;1-12-8-9-13(2)19(12)16-6-5-7-17(18-16)20-14(3)10-11-15(20)4/h5-11H,1-4H3;5-11H,1-4H3. The highest BCUT2D eigenvalue weighted by atomic mass is 16.1. The van der Waals surface area contributed by atoms with Crippen LogP contribution in [0.3, 0.4) is 0 Å². The maximum atomic E-state index is 11.3. The van der Waals surface area contributed by atoms with E-state index in [-0.39, 0.29) is 0 Å². The zero-order valence-corrected chi connectivity index (χ0v) is 25.7. The molecule has 6 rings (SSSR count). The molecule has 0 amide bonds. The van der Waals surface area contributed by atoms with Gasteiger partial charge >= 0.3 is 0 Å². The molecule has 0 aromatic carbocycles. The Morgan fingerprint density at radius 1 is 0.429 bits per heavy atom. The lowest BCUT2D eigenvalue weighted by atomic mass is 10.2. The zero-order chi connectivity index (χ0) is 30.1. The summed E-state index contributed by atoms with van der Waals surface area (Å²) >= 11 is 0. The molecule has 42 heavy (non-hydrogen) atoms. The van der Waals surface area contributed by atoms with Crippen molar-refractivity contribution in [2.24, 2.45) is 0 Å². The first-order valence-corrected chi connectivity index (χ1v) is 14.1. The molecule has 7 heteroatoms. The number of nitrogens with zero attached hydrogens (tertiary/aromatic N) is 6. The Bertz CT molecular complexity index is 1690. The van der Waals surface area contributed by atoms with Gasteiger partial charge in [0.25, 0.3) is 0 Å². The monoisotopic (exact) mass is 558 g/mol. The highest BCUT2D eigenvalue weighted by Crippen LogP contribution is 2.21. The van der Waals surface area contributed by atoms with Crippen LogP contribution in [-0.4, -0.2) is 34.5 Å². The third-order valence-electron chi connectivity index (χ3n) is 7.68. The second kappa shape index (κ2) is 11.5. The minimum atomic E-state index is 0.625. The molecular formula is C35H38N6O. The van der Waals surface area contributed by atoms with E-state index < -0.39 is 0 Å². The van der Waals surface area contributed by atoms with Crippen molar-refractivity contribution in [3.63, 3.8) is 0 Å². The van der Waals surface area contributed by atoms with Crippen LogP contribution in [0.25, 0.3) is 23.3 Å². The Balaban J connectivity index is 0.000000169. The van der Waals surface area contributed by atoms with Crippen molar-refractivity contribution in [3.05, 3.63) is 130 Å². The Morgan fingerprint density at radius 3 is 0.976 bits per heavy atom. The normalized spacial score (nSPS) is 11.0. The van der Waals surface area contributed by atoms with E-state index in [1.807, 2.05) is 39.8 Å². The van der Waals surface area contributed by atoms with E-state index in [1.54, 1.807) is 0 Å². The first-order valence-electron chi connectivity index (χ1n) is 14.1. The summed E-state index contributed by atoms with van der Waals surface area (Å²) in [5.74, 6) is 3.48. The Labute approximate surface area is 247 Å². The molecule has 7 nitrogen and oxygen atoms in total. The van der Waals surface area contributed by atoms with E-state index in [2.05, 4.69) is 113 Å². The average Bonchev–Trinajstić information content (AvgIpc) is 3.70. The van der Waals surface area contributed by atoms with Gasteiger partial charge in [-0.15, -0.1) is 0 Å². The van der Waals surface area contributed by atoms with Crippen molar-refractivity contribution in [1.29, 1.82) is 0 Å². The topological polar surface area (TPSA) is 62.6 Å². The van der Waals surface area contributed by atoms with Crippen molar-refractivity contribution in [3.8, 4) is 23.3 Å². The van der Waals surface area contributed by atoms with Crippen molar-refractivity contribution in [2.75, 3.05) is 0 Å². The molecule has 0 radical (unpaired) electrons. The number of aromatic nitrogens is 6. The number of aldehydes is 1. The van der Waals surface area contributed by atoms with E-state index in [1.165, 1.54) is 22.8 Å². The molecule has 0 spiro atoms. The molecule has 0 fully saturated rings. The summed E-state index contributed by atoms with van der Waals surface area (Å²) in [6.07, 6.45) is 0.872. The minimum Gasteiger partial charge on any atom is -0.303 e. The van der Waals surface area contributed by atoms with E-state index in [0.29, 0.717) is 5.56 Å². The van der Waals surface area contributed by atoms with Gasteiger partial charge in [0.2, 0.25) is 0 Å². The molecule has 0 saturated carbocycles. The second-order valence-corrected chi connectivity index (χ2v) is 10.9. The molecule has 6 aromatic rings. The predicted octanol–water partition coefficient (Wildman–Crippen LogP) is 7.61. The van der Waals surface area contributed by atoms with Crippen LogP contribution in [0.2, 0.25) is 0 Å². The summed E-state index contributed by atoms with van der Waals surface area (Å²) in [4.78, 5) is 20.9. The van der Waals surface area contributed by atoms with Crippen LogP contribution in [0, 0.1) is 55.4 Å². The summed E-state index contributed by atoms with van der Waals surface area (Å²) in [5.41, 5.74) is 9.82. The molecule has 0 atom stereocenters. The van der Waals surface area contributed by atoms with Gasteiger partial charge in [0.1, 0.15) is 29.6 Å². The fraction of sp³-hybridized carbons (Fsp3) is 0.229. The van der Waals surface area contributed by atoms with Crippen LogP contribution >= 0.6 is 0 Å². The number of aryl methyl sites for hydroxylation is 8. The van der Waals surface area contributed by atoms with Crippen LogP contribution in [0.5, 0.6) is 0 Å². The maximum absolute atomic E-state index is 11.3. The molecular weight excluding hydrogens is 520 g/mol. The Kier molecular flexibility index (Phi) is 7.85. The molecule has 214 valence electrons. The number of rotatable bonds is 5. The first-order chi connectivity index (χ1) is 20.1. The average molecular weight is 559 g/mol. The third-order valence-corrected chi connectivity index (χ3v) is 7.68. The molecule has 6 aromatic heterocycles. The Hall–Kier alpha value is -4.91. The van der Waals surface area contributed by atoms with Gasteiger partial charge in [-0.3, -0.25) is 4.79 Å². The molecule has 0 N–H and O–H groups in total. The van der Waals surface area contributed by atoms with Gasteiger partial charge < -0.3 is 18.3 Å². The summed E-state index contributed by atoms with van der Waals surface area (Å²) < 4.78 is 8.48. The molecule has 0 bridgehead atoms. The third kappa shape index (κ3) is 5.38. The molecule has 0 unspecified atom stereocenters. The first kappa shape index (κ1) is 28.6. The highest BCUT2D eigenvalue weighted by Gasteiger charge is 2.12. The minimum absolute atomic E-state index is 0.625. The summed E-state index contributed by atoms with van der Waals surface area (Å²) in [6.45, 7) is 16.6. The lowest BCUT2D eigenvalue weighted by Gasteiger charge is -2.14. The number of carbonyl (C=O) groups excluding carboxylic acids is 1. The van der Waals surface area contributed by atoms with Gasteiger partial charge in [0.05, 0.1) is 0 Å². The van der Waals surface area contributed by atoms with Gasteiger partial charge in [-0.2, -0.15) is 0 Å². The van der Waals surface area contributed by atoms with Crippen molar-refractivity contribution in [2.45, 2.75) is 55.4 Å². The highest BCUT2D eigenvalue weighted by molar-refractivity contribution is 5.76. The number of hydrogen-bond acceptors (Lipinski definition) is 3. The quantitative estimate of drug-likeness (QED) is 0.205. The Morgan fingerprint density at radius 2 is 0.690 bits per heavy atom. The van der Waals surface area contributed by atoms with Gasteiger partial charge in [0.15, 0.2) is 0 Å². The number of pyridine rings is 2. The molecule has 0 aliphatic carbocycles. The van der Waals surface area contributed by atoms with Crippen LogP contribution < -0.4 is 0 Å². The maximum Gasteiger partial charge on any atom is 0.150 e. The van der Waals surface area contributed by atoms with Crippen LogP contribution in [0.15, 0.2) is 78.9 Å². The molecule has 0 aliphatic rings. The van der Waals surface area contributed by atoms with E-state index in [0.717, 1.165) is 52.3 Å². The van der Waals surface area contributed by atoms with Crippen LogP contribution in [0.4, 0.5) is 0 Å². The summed E-state index contributed by atoms with van der Waals surface area (Å²) in [6, 6.07) is 26.5. The van der Waals surface area contributed by atoms with Crippen molar-refractivity contribution < 1.29 is 4.79 Å². The second-order valence-electron chi connectivity index (χ2n) is 10.9. The molecule has 0 saturated heterocycles. The molecule has 0 aliphatic heterocycles. The smallest absolute Gasteiger partial charge is 0.150 e. The fourth-order valence-electron chi connectivity index (χ4n) is 5.60. The van der Waals surface area contributed by atoms with Gasteiger partial charge in [-0.05, 0) is 128 Å². The summed E-state index contributed by atoms with van der Waals surface area (Å²) in [7, 11) is 0. The fourth-order valence-corrected chi connectivity index (χ4v) is 5.60. The molecule has 6 heterocycles. The lowest BCUT2D eigenvalue weighted by Crippen LogP contribution is -2.08. The zero-order valence-electron chi connectivity index (χ0n) is 25.7. The van der Waals surface area contributed by atoms with Crippen molar-refractivity contribution >= 4 is 6.29 Å². The van der Waals surface area contributed by atoms with Crippen molar-refractivity contribution in [1.82, 2.24) is 28.2 Å². The van der Waals surface area contributed by atoms with Gasteiger partial charge in [-0.1, -0.05) is 6.07 Å². The van der Waals surface area contributed by atoms with Crippen LogP contribution in [0.1, 0.15) is 55.9 Å². The van der Waals surface area contributed by atoms with Gasteiger partial charge in [-0.25, -0.2) is 9.97 Å². The number of carbonyl (C=O) groups is 1. The van der Waals surface area contributed by atoms with Crippen LogP contribution in [-0.2, 0) is 0 Å². The van der Waals surface area contributed by atoms with E-state index in [9.17, 15) is 4.79 Å².